The fourth-order valence-corrected chi connectivity index (χ4v) is 3.46. The summed E-state index contributed by atoms with van der Waals surface area (Å²) in [6, 6.07) is 7.93. The van der Waals surface area contributed by atoms with E-state index in [0.717, 1.165) is 30.8 Å². The average Bonchev–Trinajstić information content (AvgIpc) is 3.05. The Morgan fingerprint density at radius 3 is 2.71 bits per heavy atom. The predicted octanol–water partition coefficient (Wildman–Crippen LogP) is 2.13. The molecule has 6 heteroatoms. The van der Waals surface area contributed by atoms with Gasteiger partial charge in [0, 0.05) is 32.1 Å². The molecule has 0 radical (unpaired) electrons. The summed E-state index contributed by atoms with van der Waals surface area (Å²) in [4.78, 5) is 14.8. The van der Waals surface area contributed by atoms with Gasteiger partial charge in [0.05, 0.1) is 13.0 Å². The van der Waals surface area contributed by atoms with Gasteiger partial charge < -0.3 is 20.3 Å². The van der Waals surface area contributed by atoms with E-state index in [-0.39, 0.29) is 17.7 Å². The largest absolute Gasteiger partial charge is 0.496 e. The Labute approximate surface area is 149 Å². The smallest absolute Gasteiger partial charge is 0.225 e. The lowest BCUT2D eigenvalue weighted by Gasteiger charge is -2.20. The Bertz CT molecular complexity index is 579. The van der Waals surface area contributed by atoms with Gasteiger partial charge in [-0.2, -0.15) is 0 Å². The second-order valence-electron chi connectivity index (χ2n) is 5.99. The van der Waals surface area contributed by atoms with Crippen LogP contribution < -0.4 is 15.4 Å². The molecule has 1 heterocycles. The molecule has 0 saturated carbocycles. The van der Waals surface area contributed by atoms with Crippen molar-refractivity contribution in [3.8, 4) is 5.75 Å². The molecule has 0 aromatic heterocycles. The number of para-hydroxylation sites is 1. The van der Waals surface area contributed by atoms with Gasteiger partial charge in [-0.25, -0.2) is 0 Å². The molecule has 1 amide bonds. The Hall–Kier alpha value is -1.82. The Morgan fingerprint density at radius 2 is 2.04 bits per heavy atom. The molecule has 1 fully saturated rings. The maximum absolute atomic E-state index is 12.7. The first-order valence-corrected chi connectivity index (χ1v) is 8.96. The van der Waals surface area contributed by atoms with Crippen LogP contribution in [0.5, 0.6) is 5.75 Å². The maximum atomic E-state index is 12.7. The minimum atomic E-state index is -0.135. The normalized spacial score (nSPS) is 19.9. The van der Waals surface area contributed by atoms with Gasteiger partial charge in [-0.15, -0.1) is 0 Å². The quantitative estimate of drug-likeness (QED) is 0.771. The summed E-state index contributed by atoms with van der Waals surface area (Å²) in [5.41, 5.74) is 1.07. The SMILES string of the molecule is CCCNC(=O)[C@H]1CN(C(=S)NCC)C[C@@H]1c1ccccc1OC. The Balaban J connectivity index is 2.26. The van der Waals surface area contributed by atoms with E-state index in [1.54, 1.807) is 7.11 Å². The van der Waals surface area contributed by atoms with Crippen LogP contribution in [0.3, 0.4) is 0 Å². The number of likely N-dealkylation sites (tertiary alicyclic amines) is 1. The van der Waals surface area contributed by atoms with E-state index >= 15 is 0 Å². The van der Waals surface area contributed by atoms with E-state index in [0.29, 0.717) is 18.2 Å². The van der Waals surface area contributed by atoms with Gasteiger partial charge in [-0.05, 0) is 37.2 Å². The predicted molar refractivity (Wildman–Crippen MR) is 100 cm³/mol. The van der Waals surface area contributed by atoms with Crippen LogP contribution in [-0.2, 0) is 4.79 Å². The van der Waals surface area contributed by atoms with Crippen molar-refractivity contribution in [1.82, 2.24) is 15.5 Å². The maximum Gasteiger partial charge on any atom is 0.225 e. The van der Waals surface area contributed by atoms with Crippen LogP contribution in [0.2, 0.25) is 0 Å². The number of rotatable bonds is 6. The van der Waals surface area contributed by atoms with E-state index in [9.17, 15) is 4.79 Å². The standard InChI is InChI=1S/C18H27N3O2S/c1-4-10-20-17(22)15-12-21(18(24)19-5-2)11-14(15)13-8-6-7-9-16(13)23-3/h6-9,14-15H,4-5,10-12H2,1-3H3,(H,19,24)(H,20,22)/t14-,15+/m1/s1. The molecule has 0 spiro atoms. The number of nitrogens with one attached hydrogen (secondary N) is 2. The molecule has 1 saturated heterocycles. The number of nitrogens with zero attached hydrogens (tertiary/aromatic N) is 1. The average molecular weight is 350 g/mol. The summed E-state index contributed by atoms with van der Waals surface area (Å²) in [6.07, 6.45) is 0.928. The summed E-state index contributed by atoms with van der Waals surface area (Å²) in [5.74, 6) is 0.848. The van der Waals surface area contributed by atoms with Crippen LogP contribution in [0.25, 0.3) is 0 Å². The molecule has 2 rings (SSSR count). The molecular formula is C18H27N3O2S. The number of ether oxygens (including phenoxy) is 1. The number of benzene rings is 1. The summed E-state index contributed by atoms with van der Waals surface area (Å²) in [6.45, 7) is 6.90. The van der Waals surface area contributed by atoms with Gasteiger partial charge in [-0.3, -0.25) is 4.79 Å². The number of carbonyl (C=O) groups is 1. The molecule has 1 aliphatic rings. The lowest BCUT2D eigenvalue weighted by molar-refractivity contribution is -0.124. The van der Waals surface area contributed by atoms with Crippen LogP contribution in [0, 0.1) is 5.92 Å². The summed E-state index contributed by atoms with van der Waals surface area (Å²) in [7, 11) is 1.67. The molecule has 0 aliphatic carbocycles. The first-order chi connectivity index (χ1) is 11.6. The number of hydrogen-bond acceptors (Lipinski definition) is 3. The monoisotopic (exact) mass is 349 g/mol. The van der Waals surface area contributed by atoms with Crippen molar-refractivity contribution >= 4 is 23.2 Å². The first kappa shape index (κ1) is 18.5. The zero-order chi connectivity index (χ0) is 17.5. The van der Waals surface area contributed by atoms with E-state index in [4.69, 9.17) is 17.0 Å². The van der Waals surface area contributed by atoms with Gasteiger partial charge >= 0.3 is 0 Å². The number of hydrogen-bond donors (Lipinski definition) is 2. The molecule has 24 heavy (non-hydrogen) atoms. The van der Waals surface area contributed by atoms with Gasteiger partial charge in [0.15, 0.2) is 5.11 Å². The summed E-state index contributed by atoms with van der Waals surface area (Å²) >= 11 is 5.46. The molecule has 1 aromatic rings. The second-order valence-corrected chi connectivity index (χ2v) is 6.37. The Morgan fingerprint density at radius 1 is 1.29 bits per heavy atom. The number of thiocarbonyl (C=S) groups is 1. The lowest BCUT2D eigenvalue weighted by atomic mass is 9.87. The highest BCUT2D eigenvalue weighted by molar-refractivity contribution is 7.80. The summed E-state index contributed by atoms with van der Waals surface area (Å²) < 4.78 is 5.51. The molecule has 1 aliphatic heterocycles. The summed E-state index contributed by atoms with van der Waals surface area (Å²) in [5, 5.41) is 6.93. The molecule has 5 nitrogen and oxygen atoms in total. The van der Waals surface area contributed by atoms with Crippen molar-refractivity contribution in [3.05, 3.63) is 29.8 Å². The Kier molecular flexibility index (Phi) is 6.85. The van der Waals surface area contributed by atoms with Crippen molar-refractivity contribution in [3.63, 3.8) is 0 Å². The van der Waals surface area contributed by atoms with E-state index in [1.165, 1.54) is 0 Å². The van der Waals surface area contributed by atoms with Crippen LogP contribution in [-0.4, -0.2) is 49.2 Å². The molecule has 1 aromatic carbocycles. The molecule has 2 N–H and O–H groups in total. The number of carbonyl (C=O) groups excluding carboxylic acids is 1. The zero-order valence-corrected chi connectivity index (χ0v) is 15.5. The van der Waals surface area contributed by atoms with Crippen LogP contribution in [0.1, 0.15) is 31.7 Å². The molecular weight excluding hydrogens is 322 g/mol. The van der Waals surface area contributed by atoms with Crippen LogP contribution in [0.15, 0.2) is 24.3 Å². The number of methoxy groups -OCH3 is 1. The third kappa shape index (κ3) is 4.17. The fraction of sp³-hybridized carbons (Fsp3) is 0.556. The first-order valence-electron chi connectivity index (χ1n) is 8.55. The highest BCUT2D eigenvalue weighted by Gasteiger charge is 2.40. The fourth-order valence-electron chi connectivity index (χ4n) is 3.17. The van der Waals surface area contributed by atoms with Crippen molar-refractivity contribution in [1.29, 1.82) is 0 Å². The molecule has 0 bridgehead atoms. The minimum absolute atomic E-state index is 0.0645. The molecule has 132 valence electrons. The van der Waals surface area contributed by atoms with E-state index < -0.39 is 0 Å². The van der Waals surface area contributed by atoms with Crippen molar-refractivity contribution in [2.75, 3.05) is 33.3 Å². The topological polar surface area (TPSA) is 53.6 Å². The third-order valence-corrected chi connectivity index (χ3v) is 4.76. The second kappa shape index (κ2) is 8.87. The lowest BCUT2D eigenvalue weighted by Crippen LogP contribution is -2.39. The van der Waals surface area contributed by atoms with Crippen molar-refractivity contribution < 1.29 is 9.53 Å². The van der Waals surface area contributed by atoms with E-state index in [1.807, 2.05) is 31.2 Å². The van der Waals surface area contributed by atoms with Gasteiger partial charge in [0.25, 0.3) is 0 Å². The molecule has 2 atom stereocenters. The highest BCUT2D eigenvalue weighted by Crippen LogP contribution is 2.37. The minimum Gasteiger partial charge on any atom is -0.496 e. The van der Waals surface area contributed by atoms with Crippen LogP contribution >= 0.6 is 12.2 Å². The van der Waals surface area contributed by atoms with Gasteiger partial charge in [-0.1, -0.05) is 25.1 Å². The van der Waals surface area contributed by atoms with Gasteiger partial charge in [0.1, 0.15) is 5.75 Å². The van der Waals surface area contributed by atoms with E-state index in [2.05, 4.69) is 22.5 Å². The van der Waals surface area contributed by atoms with Crippen molar-refractivity contribution in [2.24, 2.45) is 5.92 Å². The third-order valence-electron chi connectivity index (χ3n) is 4.36. The zero-order valence-electron chi connectivity index (χ0n) is 14.7. The van der Waals surface area contributed by atoms with Crippen molar-refractivity contribution in [2.45, 2.75) is 26.2 Å². The van der Waals surface area contributed by atoms with Crippen LogP contribution in [0.4, 0.5) is 0 Å². The number of amides is 1. The molecule has 0 unspecified atom stereocenters. The highest BCUT2D eigenvalue weighted by atomic mass is 32.1. The van der Waals surface area contributed by atoms with Gasteiger partial charge in [0.2, 0.25) is 5.91 Å².